The molecule has 0 aliphatic carbocycles. The first-order valence-electron chi connectivity index (χ1n) is 8.83. The molecule has 0 fully saturated rings. The van der Waals surface area contributed by atoms with Crippen LogP contribution in [0.2, 0.25) is 0 Å². The zero-order valence-electron chi connectivity index (χ0n) is 15.4. The maximum absolute atomic E-state index is 12.3. The molecule has 0 spiro atoms. The van der Waals surface area contributed by atoms with E-state index >= 15 is 0 Å². The van der Waals surface area contributed by atoms with E-state index in [-0.39, 0.29) is 30.7 Å². The van der Waals surface area contributed by atoms with Crippen molar-refractivity contribution in [2.24, 2.45) is 5.10 Å². The lowest BCUT2D eigenvalue weighted by atomic mass is 10.1. The van der Waals surface area contributed by atoms with Gasteiger partial charge in [-0.1, -0.05) is 42.0 Å². The molecular weight excluding hydrogens is 342 g/mol. The second-order valence-electron chi connectivity index (χ2n) is 6.51. The molecule has 0 aromatic heterocycles. The Morgan fingerprint density at radius 3 is 2.19 bits per heavy atom. The Kier molecular flexibility index (Phi) is 5.45. The third-order valence-corrected chi connectivity index (χ3v) is 4.48. The Balaban J connectivity index is 1.49. The highest BCUT2D eigenvalue weighted by molar-refractivity contribution is 6.21. The van der Waals surface area contributed by atoms with Crippen LogP contribution >= 0.6 is 0 Å². The monoisotopic (exact) mass is 363 g/mol. The van der Waals surface area contributed by atoms with Gasteiger partial charge < -0.3 is 0 Å². The maximum atomic E-state index is 12.3. The summed E-state index contributed by atoms with van der Waals surface area (Å²) in [5, 5.41) is 4.11. The van der Waals surface area contributed by atoms with Crippen LogP contribution in [0.4, 0.5) is 0 Å². The number of nitrogens with one attached hydrogen (secondary N) is 1. The third kappa shape index (κ3) is 4.11. The van der Waals surface area contributed by atoms with Crippen LogP contribution in [0.3, 0.4) is 0 Å². The summed E-state index contributed by atoms with van der Waals surface area (Å²) in [6, 6.07) is 14.6. The molecule has 1 N–H and O–H groups in total. The van der Waals surface area contributed by atoms with Crippen LogP contribution in [0, 0.1) is 6.92 Å². The topological polar surface area (TPSA) is 78.8 Å². The number of aryl methyl sites for hydroxylation is 1. The van der Waals surface area contributed by atoms with Crippen LogP contribution in [0.1, 0.15) is 51.6 Å². The van der Waals surface area contributed by atoms with Gasteiger partial charge in [-0.3, -0.25) is 19.3 Å². The van der Waals surface area contributed by atoms with Gasteiger partial charge in [0.1, 0.15) is 0 Å². The number of nitrogens with zero attached hydrogens (tertiary/aromatic N) is 2. The van der Waals surface area contributed by atoms with E-state index in [1.165, 1.54) is 4.90 Å². The minimum absolute atomic E-state index is 0.179. The van der Waals surface area contributed by atoms with E-state index < -0.39 is 0 Å². The molecule has 27 heavy (non-hydrogen) atoms. The highest BCUT2D eigenvalue weighted by Gasteiger charge is 2.34. The number of carbonyl (C=O) groups is 3. The summed E-state index contributed by atoms with van der Waals surface area (Å²) in [6.45, 7) is 4.04. The van der Waals surface area contributed by atoms with Crippen molar-refractivity contribution in [3.8, 4) is 0 Å². The highest BCUT2D eigenvalue weighted by Crippen LogP contribution is 2.22. The molecule has 6 heteroatoms. The number of amides is 3. The average Bonchev–Trinajstić information content (AvgIpc) is 2.92. The summed E-state index contributed by atoms with van der Waals surface area (Å²) in [6.07, 6.45) is 0.564. The summed E-state index contributed by atoms with van der Waals surface area (Å²) < 4.78 is 0. The maximum Gasteiger partial charge on any atom is 0.261 e. The van der Waals surface area contributed by atoms with Gasteiger partial charge in [0.05, 0.1) is 16.8 Å². The molecular formula is C21H21N3O3. The molecule has 2 aromatic carbocycles. The smallest absolute Gasteiger partial charge is 0.261 e. The summed E-state index contributed by atoms with van der Waals surface area (Å²) >= 11 is 0. The number of hydrogen-bond donors (Lipinski definition) is 1. The lowest BCUT2D eigenvalue weighted by Crippen LogP contribution is -2.31. The van der Waals surface area contributed by atoms with E-state index in [1.807, 2.05) is 38.1 Å². The molecule has 0 saturated heterocycles. The molecule has 0 unspecified atom stereocenters. The number of carbonyl (C=O) groups excluding carboxylic acids is 3. The Bertz CT molecular complexity index is 882. The fourth-order valence-corrected chi connectivity index (χ4v) is 2.90. The van der Waals surface area contributed by atoms with Gasteiger partial charge in [0.15, 0.2) is 0 Å². The molecule has 1 aliphatic rings. The largest absolute Gasteiger partial charge is 0.274 e. The van der Waals surface area contributed by atoms with Gasteiger partial charge in [-0.05, 0) is 38.0 Å². The normalized spacial score (nSPS) is 13.7. The Hall–Kier alpha value is -3.28. The molecule has 2 aromatic rings. The Morgan fingerprint density at radius 2 is 1.59 bits per heavy atom. The Morgan fingerprint density at radius 1 is 1.00 bits per heavy atom. The van der Waals surface area contributed by atoms with Crippen LogP contribution in [-0.2, 0) is 4.79 Å². The van der Waals surface area contributed by atoms with Gasteiger partial charge in [0, 0.05) is 13.0 Å². The number of hydrazone groups is 1. The molecule has 1 heterocycles. The highest BCUT2D eigenvalue weighted by atomic mass is 16.2. The second kappa shape index (κ2) is 7.95. The standard InChI is InChI=1S/C21H21N3O3/c1-14-9-11-16(12-10-14)15(2)22-23-19(25)8-5-13-24-20(26)17-6-3-4-7-18(17)21(24)27/h3-4,6-7,9-12H,5,8,13H2,1-2H3,(H,23,25)/b22-15-. The number of imide groups is 1. The molecule has 1 aliphatic heterocycles. The van der Waals surface area contributed by atoms with Crippen LogP contribution in [0.5, 0.6) is 0 Å². The summed E-state index contributed by atoms with van der Waals surface area (Å²) in [4.78, 5) is 37.7. The van der Waals surface area contributed by atoms with Crippen molar-refractivity contribution >= 4 is 23.4 Å². The molecule has 6 nitrogen and oxygen atoms in total. The van der Waals surface area contributed by atoms with E-state index in [0.717, 1.165) is 11.1 Å². The molecule has 3 rings (SSSR count). The quantitative estimate of drug-likeness (QED) is 0.487. The fourth-order valence-electron chi connectivity index (χ4n) is 2.90. The summed E-state index contributed by atoms with van der Waals surface area (Å²) in [5.74, 6) is -0.855. The van der Waals surface area contributed by atoms with Crippen molar-refractivity contribution in [1.29, 1.82) is 0 Å². The first-order valence-corrected chi connectivity index (χ1v) is 8.83. The second-order valence-corrected chi connectivity index (χ2v) is 6.51. The SMILES string of the molecule is C/C(=N/NC(=O)CCCN1C(=O)c2ccccc2C1=O)c1ccc(C)cc1. The van der Waals surface area contributed by atoms with Crippen LogP contribution < -0.4 is 5.43 Å². The van der Waals surface area contributed by atoms with Gasteiger partial charge in [-0.25, -0.2) is 5.43 Å². The van der Waals surface area contributed by atoms with Crippen molar-refractivity contribution in [3.63, 3.8) is 0 Å². The zero-order chi connectivity index (χ0) is 19.4. The number of benzene rings is 2. The minimum Gasteiger partial charge on any atom is -0.274 e. The van der Waals surface area contributed by atoms with Crippen molar-refractivity contribution in [2.75, 3.05) is 6.54 Å². The summed E-state index contributed by atoms with van der Waals surface area (Å²) in [5.41, 5.74) is 6.17. The number of hydrogen-bond acceptors (Lipinski definition) is 4. The molecule has 3 amide bonds. The van der Waals surface area contributed by atoms with Gasteiger partial charge in [-0.2, -0.15) is 5.10 Å². The van der Waals surface area contributed by atoms with Crippen LogP contribution in [0.15, 0.2) is 53.6 Å². The molecule has 0 saturated carbocycles. The molecule has 0 atom stereocenters. The lowest BCUT2D eigenvalue weighted by Gasteiger charge is -2.13. The van der Waals surface area contributed by atoms with Crippen molar-refractivity contribution in [2.45, 2.75) is 26.7 Å². The first kappa shape index (κ1) is 18.5. The average molecular weight is 363 g/mol. The van der Waals surface area contributed by atoms with Crippen LogP contribution in [0.25, 0.3) is 0 Å². The van der Waals surface area contributed by atoms with Gasteiger partial charge in [0.2, 0.25) is 5.91 Å². The van der Waals surface area contributed by atoms with Gasteiger partial charge in [0.25, 0.3) is 11.8 Å². The van der Waals surface area contributed by atoms with E-state index in [2.05, 4.69) is 10.5 Å². The predicted octanol–water partition coefficient (Wildman–Crippen LogP) is 2.91. The van der Waals surface area contributed by atoms with Crippen molar-refractivity contribution in [3.05, 3.63) is 70.8 Å². The van der Waals surface area contributed by atoms with Gasteiger partial charge >= 0.3 is 0 Å². The van der Waals surface area contributed by atoms with Crippen molar-refractivity contribution in [1.82, 2.24) is 10.3 Å². The molecule has 0 bridgehead atoms. The van der Waals surface area contributed by atoms with Gasteiger partial charge in [-0.15, -0.1) is 0 Å². The van der Waals surface area contributed by atoms with Crippen LogP contribution in [-0.4, -0.2) is 34.9 Å². The number of fused-ring (bicyclic) bond motifs is 1. The fraction of sp³-hybridized carbons (Fsp3) is 0.238. The summed E-state index contributed by atoms with van der Waals surface area (Å²) in [7, 11) is 0. The Labute approximate surface area is 157 Å². The molecule has 138 valence electrons. The zero-order valence-corrected chi connectivity index (χ0v) is 15.4. The van der Waals surface area contributed by atoms with E-state index in [4.69, 9.17) is 0 Å². The van der Waals surface area contributed by atoms with Crippen molar-refractivity contribution < 1.29 is 14.4 Å². The van der Waals surface area contributed by atoms with E-state index in [0.29, 0.717) is 23.3 Å². The van der Waals surface area contributed by atoms with E-state index in [9.17, 15) is 14.4 Å². The predicted molar refractivity (Wildman–Crippen MR) is 103 cm³/mol. The number of rotatable bonds is 6. The minimum atomic E-state index is -0.302. The third-order valence-electron chi connectivity index (χ3n) is 4.48. The first-order chi connectivity index (χ1) is 13.0. The lowest BCUT2D eigenvalue weighted by molar-refractivity contribution is -0.121. The molecule has 0 radical (unpaired) electrons. The van der Waals surface area contributed by atoms with E-state index in [1.54, 1.807) is 24.3 Å².